The van der Waals surface area contributed by atoms with Crippen molar-refractivity contribution >= 4 is 11.8 Å². The summed E-state index contributed by atoms with van der Waals surface area (Å²) in [6.07, 6.45) is 2.10. The van der Waals surface area contributed by atoms with Crippen LogP contribution in [0.1, 0.15) is 44.2 Å². The monoisotopic (exact) mass is 362 g/mol. The van der Waals surface area contributed by atoms with Crippen LogP contribution < -0.4 is 22.1 Å². The van der Waals surface area contributed by atoms with Crippen molar-refractivity contribution in [1.29, 1.82) is 0 Å². The molecule has 1 aliphatic carbocycles. The summed E-state index contributed by atoms with van der Waals surface area (Å²) in [7, 11) is 0. The van der Waals surface area contributed by atoms with Crippen molar-refractivity contribution in [3.8, 4) is 5.75 Å². The third kappa shape index (κ3) is 3.40. The van der Waals surface area contributed by atoms with E-state index < -0.39 is 17.7 Å². The Hall–Kier alpha value is -2.16. The number of carboxylic acids is 1. The van der Waals surface area contributed by atoms with Gasteiger partial charge in [0.25, 0.3) is 0 Å². The summed E-state index contributed by atoms with van der Waals surface area (Å²) in [5.74, 6) is 5.14. The Kier molecular flexibility index (Phi) is 4.68. The highest BCUT2D eigenvalue weighted by atomic mass is 16.7. The van der Waals surface area contributed by atoms with Gasteiger partial charge in [0, 0.05) is 11.1 Å². The van der Waals surface area contributed by atoms with Crippen LogP contribution >= 0.6 is 0 Å². The number of nitrogens with two attached hydrogens (primary N) is 3. The number of carboxylic acid groups (broad SMARTS) is 1. The number of aryl methyl sites for hydroxylation is 1. The van der Waals surface area contributed by atoms with Crippen LogP contribution in [0, 0.1) is 0 Å². The fraction of sp³-hybridized carbons (Fsp3) is 0.556. The van der Waals surface area contributed by atoms with Crippen molar-refractivity contribution < 1.29 is 19.5 Å². The average Bonchev–Trinajstić information content (AvgIpc) is 2.58. The lowest BCUT2D eigenvalue weighted by atomic mass is 9.75. The molecular weight excluding hydrogens is 336 g/mol. The minimum Gasteiger partial charge on any atom is -0.486 e. The predicted molar refractivity (Wildman–Crippen MR) is 96.8 cm³/mol. The van der Waals surface area contributed by atoms with Crippen LogP contribution in [0.3, 0.4) is 0 Å². The summed E-state index contributed by atoms with van der Waals surface area (Å²) in [6, 6.07) is 5.71. The van der Waals surface area contributed by atoms with E-state index in [-0.39, 0.29) is 11.6 Å². The van der Waals surface area contributed by atoms with E-state index in [2.05, 4.69) is 4.99 Å². The van der Waals surface area contributed by atoms with Crippen LogP contribution in [0.5, 0.6) is 5.75 Å². The van der Waals surface area contributed by atoms with Gasteiger partial charge >= 0.3 is 5.97 Å². The molecule has 0 aromatic heterocycles. The minimum atomic E-state index is -1.60. The van der Waals surface area contributed by atoms with E-state index in [4.69, 9.17) is 26.9 Å². The molecule has 142 valence electrons. The number of ether oxygens (including phenoxy) is 1. The maximum atomic E-state index is 11.5. The van der Waals surface area contributed by atoms with Crippen molar-refractivity contribution in [3.05, 3.63) is 29.3 Å². The fourth-order valence-corrected chi connectivity index (χ4v) is 3.58. The van der Waals surface area contributed by atoms with Crippen LogP contribution in [0.25, 0.3) is 0 Å². The van der Waals surface area contributed by atoms with Crippen LogP contribution in [-0.2, 0) is 16.1 Å². The highest BCUT2D eigenvalue weighted by Gasteiger charge is 2.46. The van der Waals surface area contributed by atoms with E-state index in [0.29, 0.717) is 24.4 Å². The Balaban J connectivity index is 1.75. The van der Waals surface area contributed by atoms with E-state index in [1.165, 1.54) is 6.92 Å². The zero-order valence-electron chi connectivity index (χ0n) is 15.1. The molecule has 2 aliphatic rings. The smallest absolute Gasteiger partial charge is 0.341 e. The highest BCUT2D eigenvalue weighted by Crippen LogP contribution is 2.34. The van der Waals surface area contributed by atoms with E-state index in [1.54, 1.807) is 6.07 Å². The molecule has 0 radical (unpaired) electrons. The number of amidine groups is 1. The summed E-state index contributed by atoms with van der Waals surface area (Å²) in [5.41, 5.74) is 12.2. The van der Waals surface area contributed by atoms with E-state index in [1.807, 2.05) is 19.1 Å². The second-order valence-corrected chi connectivity index (χ2v) is 7.73. The molecular formula is C18H26N4O4. The lowest BCUT2D eigenvalue weighted by Gasteiger charge is -2.40. The van der Waals surface area contributed by atoms with Crippen molar-refractivity contribution in [1.82, 2.24) is 0 Å². The molecule has 2 atom stereocenters. The molecule has 1 aromatic rings. The first-order chi connectivity index (χ1) is 12.1. The topological polar surface area (TPSA) is 146 Å². The first kappa shape index (κ1) is 18.6. The number of aliphatic carboxylic acids is 1. The number of aliphatic imine (C=N–C) groups is 1. The molecule has 1 heterocycles. The minimum absolute atomic E-state index is 0.144. The molecule has 1 aromatic carbocycles. The molecule has 1 fully saturated rings. The van der Waals surface area contributed by atoms with Gasteiger partial charge in [-0.05, 0) is 63.3 Å². The fourth-order valence-electron chi connectivity index (χ4n) is 3.58. The summed E-state index contributed by atoms with van der Waals surface area (Å²) >= 11 is 0. The SMILES string of the molecule is CC1(N)CC(N=C(N)c2ccc3c(c2)CC[C@H]([C@](C)(ON)C(=O)O)O3)C1. The van der Waals surface area contributed by atoms with Crippen molar-refractivity contribution in [2.45, 2.75) is 62.8 Å². The molecule has 0 unspecified atom stereocenters. The quantitative estimate of drug-likeness (QED) is 0.342. The molecule has 0 bridgehead atoms. The predicted octanol–water partition coefficient (Wildman–Crippen LogP) is 0.699. The average molecular weight is 362 g/mol. The molecule has 0 saturated heterocycles. The summed E-state index contributed by atoms with van der Waals surface area (Å²) in [6.45, 7) is 3.42. The van der Waals surface area contributed by atoms with Crippen molar-refractivity contribution in [2.24, 2.45) is 22.4 Å². The number of hydrogen-bond donors (Lipinski definition) is 4. The third-order valence-corrected chi connectivity index (χ3v) is 5.31. The number of carbonyl (C=O) groups is 1. The van der Waals surface area contributed by atoms with Gasteiger partial charge in [0.1, 0.15) is 17.7 Å². The van der Waals surface area contributed by atoms with Gasteiger partial charge in [0.05, 0.1) is 6.04 Å². The lowest BCUT2D eigenvalue weighted by Crippen LogP contribution is -2.54. The number of hydrogen-bond acceptors (Lipinski definition) is 6. The van der Waals surface area contributed by atoms with Gasteiger partial charge < -0.3 is 21.3 Å². The summed E-state index contributed by atoms with van der Waals surface area (Å²) in [5, 5.41) is 9.37. The normalized spacial score (nSPS) is 30.5. The largest absolute Gasteiger partial charge is 0.486 e. The Labute approximate surface area is 152 Å². The highest BCUT2D eigenvalue weighted by molar-refractivity contribution is 5.98. The zero-order valence-corrected chi connectivity index (χ0v) is 15.1. The van der Waals surface area contributed by atoms with E-state index >= 15 is 0 Å². The first-order valence-corrected chi connectivity index (χ1v) is 8.68. The van der Waals surface area contributed by atoms with Crippen molar-refractivity contribution in [2.75, 3.05) is 0 Å². The molecule has 3 rings (SSSR count). The molecule has 8 nitrogen and oxygen atoms in total. The van der Waals surface area contributed by atoms with Crippen LogP contribution in [-0.4, -0.2) is 40.2 Å². The first-order valence-electron chi connectivity index (χ1n) is 8.68. The van der Waals surface area contributed by atoms with Gasteiger partial charge in [-0.1, -0.05) is 0 Å². The molecule has 26 heavy (non-hydrogen) atoms. The lowest BCUT2D eigenvalue weighted by molar-refractivity contribution is -0.179. The van der Waals surface area contributed by atoms with Gasteiger partial charge in [-0.25, -0.2) is 10.7 Å². The molecule has 1 aliphatic heterocycles. The van der Waals surface area contributed by atoms with Gasteiger partial charge in [-0.3, -0.25) is 9.83 Å². The second-order valence-electron chi connectivity index (χ2n) is 7.73. The summed E-state index contributed by atoms with van der Waals surface area (Å²) < 4.78 is 5.84. The third-order valence-electron chi connectivity index (χ3n) is 5.31. The van der Waals surface area contributed by atoms with Gasteiger partial charge in [0.15, 0.2) is 0 Å². The number of benzene rings is 1. The van der Waals surface area contributed by atoms with Crippen LogP contribution in [0.15, 0.2) is 23.2 Å². The molecule has 0 amide bonds. The van der Waals surface area contributed by atoms with Gasteiger partial charge in [0.2, 0.25) is 5.60 Å². The van der Waals surface area contributed by atoms with Gasteiger partial charge in [-0.15, -0.1) is 0 Å². The zero-order chi connectivity index (χ0) is 19.1. The number of rotatable bonds is 5. The standard InChI is InChI=1S/C18H26N4O4/c1-17(20)8-12(9-17)22-15(19)11-3-5-13-10(7-11)4-6-14(25-13)18(2,26-21)16(23)24/h3,5,7,12,14H,4,6,8-9,20-21H2,1-2H3,(H2,19,22)(H,23,24)/t12?,14-,17?,18+/m1/s1. The Morgan fingerprint density at radius 2 is 2.15 bits per heavy atom. The molecule has 8 heteroatoms. The van der Waals surface area contributed by atoms with Crippen LogP contribution in [0.2, 0.25) is 0 Å². The Bertz CT molecular complexity index is 741. The maximum absolute atomic E-state index is 11.5. The molecule has 1 saturated carbocycles. The number of nitrogens with zero attached hydrogens (tertiary/aromatic N) is 1. The second kappa shape index (κ2) is 6.53. The Morgan fingerprint density at radius 3 is 2.73 bits per heavy atom. The van der Waals surface area contributed by atoms with Gasteiger partial charge in [-0.2, -0.15) is 0 Å². The summed E-state index contributed by atoms with van der Waals surface area (Å²) in [4.78, 5) is 20.7. The number of fused-ring (bicyclic) bond motifs is 1. The Morgan fingerprint density at radius 1 is 1.46 bits per heavy atom. The molecule has 0 spiro atoms. The molecule has 7 N–H and O–H groups in total. The van der Waals surface area contributed by atoms with Crippen molar-refractivity contribution in [3.63, 3.8) is 0 Å². The maximum Gasteiger partial charge on any atom is 0.341 e. The van der Waals surface area contributed by atoms with E-state index in [9.17, 15) is 9.90 Å². The van der Waals surface area contributed by atoms with E-state index in [0.717, 1.165) is 24.0 Å². The van der Waals surface area contributed by atoms with Crippen LogP contribution in [0.4, 0.5) is 0 Å².